The fourth-order valence-corrected chi connectivity index (χ4v) is 9.83. The lowest BCUT2D eigenvalue weighted by Gasteiger charge is -2.36. The van der Waals surface area contributed by atoms with Gasteiger partial charge < -0.3 is 50.0 Å². The highest BCUT2D eigenvalue weighted by atomic mass is 16.6. The number of methoxy groups -OCH3 is 1. The molecule has 3 rings (SSSR count). The predicted octanol–water partition coefficient (Wildman–Crippen LogP) is 5.31. The highest BCUT2D eigenvalue weighted by Gasteiger charge is 2.45. The van der Waals surface area contributed by atoms with Gasteiger partial charge >= 0.3 is 11.9 Å². The molecule has 2 aliphatic heterocycles. The van der Waals surface area contributed by atoms with Gasteiger partial charge in [0.05, 0.1) is 31.6 Å². The maximum atomic E-state index is 14.9. The molecule has 2 saturated heterocycles. The highest BCUT2D eigenvalue weighted by molar-refractivity contribution is 6.05. The molecule has 0 aromatic heterocycles. The smallest absolute Gasteiger partial charge is 0.329 e. The first-order valence-corrected chi connectivity index (χ1v) is 27.8. The Bertz CT molecular complexity index is 2120. The second-order valence-electron chi connectivity index (χ2n) is 22.3. The van der Waals surface area contributed by atoms with Gasteiger partial charge in [0.15, 0.2) is 11.9 Å². The molecular formula is C57H92N6O13. The van der Waals surface area contributed by atoms with Crippen molar-refractivity contribution in [3.8, 4) is 5.75 Å². The zero-order chi connectivity index (χ0) is 57.1. The zero-order valence-corrected chi connectivity index (χ0v) is 48.0. The number of fused-ring (bicyclic) bond motifs is 1. The Labute approximate surface area is 452 Å². The van der Waals surface area contributed by atoms with Gasteiger partial charge in [-0.1, -0.05) is 107 Å². The molecule has 11 atom stereocenters. The van der Waals surface area contributed by atoms with Crippen LogP contribution in [-0.4, -0.2) is 155 Å². The quantitative estimate of drug-likeness (QED) is 0.0781. The van der Waals surface area contributed by atoms with Crippen LogP contribution in [0.3, 0.4) is 0 Å². The second kappa shape index (κ2) is 31.0. The minimum Gasteiger partial charge on any atom is -0.497 e. The molecule has 4 N–H and O–H groups in total. The van der Waals surface area contributed by atoms with Crippen LogP contribution in [0.4, 0.5) is 0 Å². The molecule has 0 aliphatic carbocycles. The largest absolute Gasteiger partial charge is 0.497 e. The normalized spacial score (nSPS) is 25.9. The number of esters is 2. The minimum atomic E-state index is -1.66. The molecule has 428 valence electrons. The SMILES string of the molecule is CCCCCCCC(=O)N(C)[C@H](CC(C)C)C(=O)N[C@@H]1C(=O)N[C@@H]([C@@H](C)CC)[C@H](O)CC(=O)O[C@H](C(C)C)C(=O)[C@H](C)C(=O)N[C@H](CC(C)C)C(=O)N2CCC[C@H]2C(=O)N(C)[C@@H](Cc2ccc(OC)cc2)C(=O)O[C@H]1C. The fraction of sp³-hybridized carbons (Fsp3) is 0.737. The standard InChI is InChI=1S/C57H92N6O13/c1-15-17-18-19-20-23-46(65)61(12)43(30-34(5)6)53(69)60-49-38(11)75-57(73)44(31-39-24-26-40(74-14)27-25-39)62(13)56(72)42-22-21-28-63(42)55(71)41(29-33(3)4)58-52(68)37(10)50(67)51(35(7)8)76-47(66)32-45(64)48(36(9)16-2)59-54(49)70/h24-27,33-38,41-45,48-49,51,64H,15-23,28-32H2,1-14H3,(H,58,68)(H,59,70)(H,60,69)/t36-,37-,38-,41+,42-,43+,44-,45+,48-,49-,51+/m0/s1. The minimum absolute atomic E-state index is 0.0781. The van der Waals surface area contributed by atoms with E-state index >= 15 is 0 Å². The number of hydrogen-bond acceptors (Lipinski definition) is 13. The Morgan fingerprint density at radius 1 is 0.868 bits per heavy atom. The van der Waals surface area contributed by atoms with E-state index in [1.807, 2.05) is 34.6 Å². The number of unbranched alkanes of at least 4 members (excludes halogenated alkanes) is 4. The summed E-state index contributed by atoms with van der Waals surface area (Å²) in [5.74, 6) is -8.59. The number of ether oxygens (including phenoxy) is 3. The number of amides is 6. The van der Waals surface area contributed by atoms with E-state index in [2.05, 4.69) is 22.9 Å². The van der Waals surface area contributed by atoms with Crippen LogP contribution in [-0.2, 0) is 59.0 Å². The summed E-state index contributed by atoms with van der Waals surface area (Å²) in [6.45, 7) is 19.4. The molecule has 2 heterocycles. The van der Waals surface area contributed by atoms with Gasteiger partial charge in [-0.05, 0) is 87.3 Å². The summed E-state index contributed by atoms with van der Waals surface area (Å²) in [6, 6.07) is -0.594. The van der Waals surface area contributed by atoms with E-state index in [0.717, 1.165) is 25.7 Å². The van der Waals surface area contributed by atoms with Crippen LogP contribution in [0, 0.1) is 29.6 Å². The number of aliphatic hydroxyl groups excluding tert-OH is 1. The summed E-state index contributed by atoms with van der Waals surface area (Å²) in [5, 5.41) is 20.2. The first-order valence-electron chi connectivity index (χ1n) is 27.8. The third-order valence-corrected chi connectivity index (χ3v) is 14.8. The lowest BCUT2D eigenvalue weighted by molar-refractivity contribution is -0.163. The summed E-state index contributed by atoms with van der Waals surface area (Å²) in [4.78, 5) is 133. The molecule has 2 fully saturated rings. The van der Waals surface area contributed by atoms with Crippen LogP contribution >= 0.6 is 0 Å². The molecule has 0 unspecified atom stereocenters. The van der Waals surface area contributed by atoms with Crippen LogP contribution < -0.4 is 20.7 Å². The Hall–Kier alpha value is -5.59. The number of carbonyl (C=O) groups excluding carboxylic acids is 9. The molecule has 0 radical (unpaired) electrons. The van der Waals surface area contributed by atoms with Crippen LogP contribution in [0.25, 0.3) is 0 Å². The highest BCUT2D eigenvalue weighted by Crippen LogP contribution is 2.26. The number of cyclic esters (lactones) is 2. The van der Waals surface area contributed by atoms with E-state index in [1.54, 1.807) is 52.1 Å². The Morgan fingerprint density at radius 2 is 1.51 bits per heavy atom. The number of Topliss-reactive ketones (excluding diaryl/α,β-unsaturated/α-hetero) is 1. The summed E-state index contributed by atoms with van der Waals surface area (Å²) < 4.78 is 17.3. The lowest BCUT2D eigenvalue weighted by atomic mass is 9.91. The fourth-order valence-electron chi connectivity index (χ4n) is 9.83. The maximum Gasteiger partial charge on any atom is 0.329 e. The molecule has 76 heavy (non-hydrogen) atoms. The third kappa shape index (κ3) is 18.6. The van der Waals surface area contributed by atoms with Gasteiger partial charge in [0.25, 0.3) is 0 Å². The number of hydrogen-bond donors (Lipinski definition) is 4. The van der Waals surface area contributed by atoms with E-state index < -0.39 is 126 Å². The Morgan fingerprint density at radius 3 is 2.09 bits per heavy atom. The van der Waals surface area contributed by atoms with Gasteiger partial charge in [0.2, 0.25) is 35.4 Å². The van der Waals surface area contributed by atoms with Gasteiger partial charge in [-0.15, -0.1) is 0 Å². The van der Waals surface area contributed by atoms with Gasteiger partial charge in [-0.2, -0.15) is 0 Å². The summed E-state index contributed by atoms with van der Waals surface area (Å²) in [7, 11) is 4.48. The van der Waals surface area contributed by atoms with Crippen molar-refractivity contribution in [2.45, 2.75) is 214 Å². The number of aliphatic hydroxyl groups is 1. The number of rotatable bonds is 19. The number of carbonyl (C=O) groups is 9. The topological polar surface area (TPSA) is 247 Å². The zero-order valence-electron chi connectivity index (χ0n) is 48.0. The number of nitrogens with one attached hydrogen (secondary N) is 3. The van der Waals surface area contributed by atoms with Crippen LogP contribution in [0.1, 0.15) is 159 Å². The lowest BCUT2D eigenvalue weighted by Crippen LogP contribution is -2.61. The molecule has 19 nitrogen and oxygen atoms in total. The first-order chi connectivity index (χ1) is 35.8. The molecule has 1 aromatic carbocycles. The van der Waals surface area contributed by atoms with Crippen LogP contribution in [0.5, 0.6) is 5.75 Å². The maximum absolute atomic E-state index is 14.9. The van der Waals surface area contributed by atoms with Crippen molar-refractivity contribution < 1.29 is 62.5 Å². The molecule has 0 spiro atoms. The van der Waals surface area contributed by atoms with E-state index in [-0.39, 0.29) is 56.4 Å². The van der Waals surface area contributed by atoms with Crippen molar-refractivity contribution in [2.24, 2.45) is 29.6 Å². The molecular weight excluding hydrogens is 977 g/mol. The average molecular weight is 1070 g/mol. The summed E-state index contributed by atoms with van der Waals surface area (Å²) >= 11 is 0. The second-order valence-corrected chi connectivity index (χ2v) is 22.3. The van der Waals surface area contributed by atoms with Crippen molar-refractivity contribution >= 4 is 53.2 Å². The number of nitrogens with zero attached hydrogens (tertiary/aromatic N) is 3. The van der Waals surface area contributed by atoms with Crippen molar-refractivity contribution in [1.82, 2.24) is 30.7 Å². The van der Waals surface area contributed by atoms with Gasteiger partial charge in [0.1, 0.15) is 42.1 Å². The molecule has 1 aromatic rings. The molecule has 2 aliphatic rings. The Balaban J connectivity index is 2.25. The van der Waals surface area contributed by atoms with Crippen molar-refractivity contribution in [3.63, 3.8) is 0 Å². The molecule has 6 amide bonds. The summed E-state index contributed by atoms with van der Waals surface area (Å²) in [5.41, 5.74) is 0.607. The third-order valence-electron chi connectivity index (χ3n) is 14.8. The van der Waals surface area contributed by atoms with E-state index in [1.165, 1.54) is 42.7 Å². The van der Waals surface area contributed by atoms with Gasteiger partial charge in [-0.25, -0.2) is 4.79 Å². The average Bonchev–Trinajstić information content (AvgIpc) is 3.87. The number of benzene rings is 1. The van der Waals surface area contributed by atoms with E-state index in [9.17, 15) is 48.3 Å². The van der Waals surface area contributed by atoms with E-state index in [4.69, 9.17) is 14.2 Å². The van der Waals surface area contributed by atoms with Crippen LogP contribution in [0.15, 0.2) is 24.3 Å². The van der Waals surface area contributed by atoms with Gasteiger partial charge in [0, 0.05) is 33.5 Å². The van der Waals surface area contributed by atoms with Crippen molar-refractivity contribution in [3.05, 3.63) is 29.8 Å². The Kier molecular flexibility index (Phi) is 26.4. The van der Waals surface area contributed by atoms with E-state index in [0.29, 0.717) is 30.6 Å². The molecule has 0 bridgehead atoms. The number of likely N-dealkylation sites (N-methyl/N-ethyl adjacent to an activating group) is 2. The summed E-state index contributed by atoms with van der Waals surface area (Å²) in [6.07, 6.45) is 0.939. The monoisotopic (exact) mass is 1070 g/mol. The van der Waals surface area contributed by atoms with Crippen molar-refractivity contribution in [2.75, 3.05) is 27.7 Å². The first kappa shape index (κ1) is 64.7. The predicted molar refractivity (Wildman–Crippen MR) is 287 cm³/mol. The van der Waals surface area contributed by atoms with Crippen LogP contribution in [0.2, 0.25) is 0 Å². The molecule has 19 heteroatoms. The molecule has 0 saturated carbocycles. The van der Waals surface area contributed by atoms with Gasteiger partial charge in [-0.3, -0.25) is 38.4 Å². The van der Waals surface area contributed by atoms with Crippen molar-refractivity contribution in [1.29, 1.82) is 0 Å². The number of ketones is 1.